The van der Waals surface area contributed by atoms with Crippen molar-refractivity contribution in [3.05, 3.63) is 58.8 Å². The van der Waals surface area contributed by atoms with Gasteiger partial charge < -0.3 is 24.2 Å². The fourth-order valence-electron chi connectivity index (χ4n) is 6.69. The number of likely N-dealkylation sites (N-methyl/N-ethyl adjacent to an activating group) is 1. The number of aromatic nitrogens is 2. The first-order chi connectivity index (χ1) is 19.9. The van der Waals surface area contributed by atoms with Gasteiger partial charge >= 0.3 is 6.01 Å². The molecule has 3 aromatic rings. The molecule has 0 bridgehead atoms. The van der Waals surface area contributed by atoms with Crippen LogP contribution >= 0.6 is 0 Å². The molecule has 0 saturated carbocycles. The molecule has 0 N–H and O–H groups in total. The van der Waals surface area contributed by atoms with E-state index in [2.05, 4.69) is 66.2 Å². The fraction of sp³-hybridized carbons (Fsp3) is 0.500. The van der Waals surface area contributed by atoms with Crippen molar-refractivity contribution >= 4 is 22.5 Å². The number of hydrogen-bond acceptors (Lipinski definition) is 8. The van der Waals surface area contributed by atoms with E-state index >= 15 is 0 Å². The molecule has 0 aliphatic carbocycles. The monoisotopic (exact) mass is 554 g/mol. The zero-order chi connectivity index (χ0) is 28.5. The zero-order valence-corrected chi connectivity index (χ0v) is 24.2. The Morgan fingerprint density at radius 1 is 1.15 bits per heavy atom. The summed E-state index contributed by atoms with van der Waals surface area (Å²) in [6.45, 7) is 7.44. The average Bonchev–Trinajstić information content (AvgIpc) is 3.39. The van der Waals surface area contributed by atoms with Gasteiger partial charge in [-0.1, -0.05) is 36.4 Å². The van der Waals surface area contributed by atoms with Crippen LogP contribution in [-0.2, 0) is 22.6 Å². The quantitative estimate of drug-likeness (QED) is 0.448. The first-order valence-electron chi connectivity index (χ1n) is 14.6. The van der Waals surface area contributed by atoms with Gasteiger partial charge in [0.1, 0.15) is 12.4 Å². The maximum atomic E-state index is 12.3. The van der Waals surface area contributed by atoms with E-state index in [0.29, 0.717) is 51.3 Å². The van der Waals surface area contributed by atoms with Crippen molar-refractivity contribution in [1.82, 2.24) is 19.8 Å². The lowest BCUT2D eigenvalue weighted by Crippen LogP contribution is -2.55. The summed E-state index contributed by atoms with van der Waals surface area (Å²) >= 11 is 0. The minimum absolute atomic E-state index is 0.00382. The number of piperazine rings is 1. The van der Waals surface area contributed by atoms with Gasteiger partial charge in [0.05, 0.1) is 36.9 Å². The molecule has 3 aliphatic rings. The number of aryl methyl sites for hydroxylation is 1. The molecule has 9 heteroatoms. The predicted molar refractivity (Wildman–Crippen MR) is 157 cm³/mol. The third-order valence-electron chi connectivity index (χ3n) is 8.94. The van der Waals surface area contributed by atoms with E-state index in [9.17, 15) is 10.1 Å². The van der Waals surface area contributed by atoms with Crippen molar-refractivity contribution in [2.24, 2.45) is 0 Å². The van der Waals surface area contributed by atoms with Crippen LogP contribution in [0.3, 0.4) is 0 Å². The van der Waals surface area contributed by atoms with Gasteiger partial charge in [0.25, 0.3) is 0 Å². The second-order valence-corrected chi connectivity index (χ2v) is 11.5. The molecule has 3 atom stereocenters. The zero-order valence-electron chi connectivity index (χ0n) is 24.2. The van der Waals surface area contributed by atoms with Crippen molar-refractivity contribution < 1.29 is 14.3 Å². The van der Waals surface area contributed by atoms with Crippen molar-refractivity contribution in [1.29, 1.82) is 5.26 Å². The topological polar surface area (TPSA) is 94.8 Å². The van der Waals surface area contributed by atoms with Crippen molar-refractivity contribution in [3.8, 4) is 12.1 Å². The van der Waals surface area contributed by atoms with Crippen LogP contribution in [0.25, 0.3) is 10.8 Å². The van der Waals surface area contributed by atoms with Crippen LogP contribution in [0, 0.1) is 18.3 Å². The highest BCUT2D eigenvalue weighted by molar-refractivity contribution is 5.89. The molecule has 214 valence electrons. The second kappa shape index (κ2) is 11.6. The number of nitriles is 1. The highest BCUT2D eigenvalue weighted by Crippen LogP contribution is 2.38. The summed E-state index contributed by atoms with van der Waals surface area (Å²) in [5, 5.41) is 11.9. The smallest absolute Gasteiger partial charge is 0.318 e. The van der Waals surface area contributed by atoms with E-state index < -0.39 is 0 Å². The van der Waals surface area contributed by atoms with Gasteiger partial charge in [-0.2, -0.15) is 15.2 Å². The van der Waals surface area contributed by atoms with E-state index in [1.54, 1.807) is 11.8 Å². The van der Waals surface area contributed by atoms with E-state index in [1.165, 1.54) is 28.3 Å². The Morgan fingerprint density at radius 2 is 1.98 bits per heavy atom. The molecule has 0 spiro atoms. The van der Waals surface area contributed by atoms with Crippen LogP contribution in [0.15, 0.2) is 36.4 Å². The number of amides is 1. The van der Waals surface area contributed by atoms with E-state index in [0.717, 1.165) is 30.0 Å². The van der Waals surface area contributed by atoms with Crippen LogP contribution in [0.4, 0.5) is 5.82 Å². The Morgan fingerprint density at radius 3 is 2.73 bits per heavy atom. The van der Waals surface area contributed by atoms with Gasteiger partial charge in [-0.05, 0) is 55.3 Å². The number of fused-ring (bicyclic) bond motifs is 2. The lowest BCUT2D eigenvalue weighted by molar-refractivity contribution is -0.131. The molecule has 0 radical (unpaired) electrons. The molecule has 9 nitrogen and oxygen atoms in total. The van der Waals surface area contributed by atoms with Gasteiger partial charge in [-0.3, -0.25) is 4.79 Å². The number of rotatable bonds is 6. The van der Waals surface area contributed by atoms with Gasteiger partial charge in [0.2, 0.25) is 5.91 Å². The molecule has 2 aromatic carbocycles. The van der Waals surface area contributed by atoms with Crippen molar-refractivity contribution in [3.63, 3.8) is 0 Å². The van der Waals surface area contributed by atoms with Gasteiger partial charge in [0, 0.05) is 44.6 Å². The maximum Gasteiger partial charge on any atom is 0.318 e. The molecule has 1 unspecified atom stereocenters. The van der Waals surface area contributed by atoms with Crippen LogP contribution < -0.4 is 9.64 Å². The van der Waals surface area contributed by atoms with Gasteiger partial charge in [-0.25, -0.2) is 0 Å². The summed E-state index contributed by atoms with van der Waals surface area (Å²) in [4.78, 5) is 28.5. The summed E-state index contributed by atoms with van der Waals surface area (Å²) in [6, 6.07) is 15.6. The Bertz CT molecular complexity index is 1480. The van der Waals surface area contributed by atoms with E-state index in [1.807, 2.05) is 0 Å². The largest absolute Gasteiger partial charge is 0.462 e. The summed E-state index contributed by atoms with van der Waals surface area (Å²) in [5.41, 5.74) is 4.31. The molecule has 2 saturated heterocycles. The number of benzene rings is 2. The average molecular weight is 555 g/mol. The number of likely N-dealkylation sites (tertiary alicyclic amines) is 1. The van der Waals surface area contributed by atoms with Crippen LogP contribution in [0.1, 0.15) is 54.7 Å². The second-order valence-electron chi connectivity index (χ2n) is 11.5. The molecule has 1 amide bonds. The third kappa shape index (κ3) is 5.46. The minimum Gasteiger partial charge on any atom is -0.462 e. The summed E-state index contributed by atoms with van der Waals surface area (Å²) in [6.07, 6.45) is 3.04. The molecule has 4 heterocycles. The van der Waals surface area contributed by atoms with Gasteiger partial charge in [-0.15, -0.1) is 0 Å². The number of ether oxygens (including phenoxy) is 2. The Kier molecular flexibility index (Phi) is 7.78. The molecule has 3 aliphatic heterocycles. The minimum atomic E-state index is -0.190. The first-order valence-corrected chi connectivity index (χ1v) is 14.6. The summed E-state index contributed by atoms with van der Waals surface area (Å²) in [5.74, 6) is 0.791. The number of carbonyl (C=O) groups is 1. The normalized spacial score (nSPS) is 22.9. The molecular formula is C32H38N6O3. The Balaban J connectivity index is 1.34. The maximum absolute atomic E-state index is 12.3. The highest BCUT2D eigenvalue weighted by atomic mass is 16.5. The molecule has 2 fully saturated rings. The number of hydrogen-bond donors (Lipinski definition) is 0. The van der Waals surface area contributed by atoms with E-state index in [-0.39, 0.29) is 24.5 Å². The highest BCUT2D eigenvalue weighted by Gasteiger charge is 2.34. The number of carbonyl (C=O) groups excluding carboxylic acids is 1. The summed E-state index contributed by atoms with van der Waals surface area (Å²) < 4.78 is 12.8. The number of nitrogens with zero attached hydrogens (tertiary/aromatic N) is 6. The Labute approximate surface area is 241 Å². The lowest BCUT2D eigenvalue weighted by atomic mass is 9.92. The summed E-state index contributed by atoms with van der Waals surface area (Å²) in [7, 11) is 2.14. The third-order valence-corrected chi connectivity index (χ3v) is 8.94. The standard InChI is InChI=1S/C32H38N6O3/c1-21-7-4-8-23-9-5-11-26(30(21)23)29-17-28-27(20-40-29)31(35-32(34-28)41-19-25-10-6-14-36(25)3)37-15-16-38(22(2)39)24(18-37)12-13-33/h4-5,7-9,11,24-25,29H,6,10,12,14-20H2,1-3H3/t24-,25-,29?/m0/s1. The molecule has 1 aromatic heterocycles. The predicted octanol–water partition coefficient (Wildman–Crippen LogP) is 4.18. The fourth-order valence-corrected chi connectivity index (χ4v) is 6.69. The van der Waals surface area contributed by atoms with Crippen LogP contribution in [0.2, 0.25) is 0 Å². The number of anilines is 1. The molecule has 6 rings (SSSR count). The van der Waals surface area contributed by atoms with Crippen LogP contribution in [0.5, 0.6) is 6.01 Å². The lowest BCUT2D eigenvalue weighted by Gasteiger charge is -2.42. The first kappa shape index (κ1) is 27.4. The Hall–Kier alpha value is -3.74. The van der Waals surface area contributed by atoms with Gasteiger partial charge in [0.15, 0.2) is 0 Å². The van der Waals surface area contributed by atoms with Crippen LogP contribution in [-0.4, -0.2) is 77.6 Å². The SMILES string of the molecule is CC(=O)N1CCN(c2nc(OC[C@@H]3CCCN3C)nc3c2COC(c2cccc4cccc(C)c24)C3)C[C@@H]1CC#N. The van der Waals surface area contributed by atoms with Crippen molar-refractivity contribution in [2.45, 2.75) is 64.3 Å². The van der Waals surface area contributed by atoms with E-state index in [4.69, 9.17) is 19.4 Å². The van der Waals surface area contributed by atoms with Crippen molar-refractivity contribution in [2.75, 3.05) is 44.7 Å². The molecular weight excluding hydrogens is 516 g/mol. The molecule has 41 heavy (non-hydrogen) atoms.